The second-order valence-electron chi connectivity index (χ2n) is 7.49. The summed E-state index contributed by atoms with van der Waals surface area (Å²) in [7, 11) is 0. The van der Waals surface area contributed by atoms with Gasteiger partial charge in [0.15, 0.2) is 0 Å². The molecule has 0 saturated carbocycles. The molecule has 0 heterocycles. The maximum absolute atomic E-state index is 9.72. The molecule has 0 fully saturated rings. The van der Waals surface area contributed by atoms with Crippen molar-refractivity contribution in [2.75, 3.05) is 0 Å². The van der Waals surface area contributed by atoms with Gasteiger partial charge < -0.3 is 10.2 Å². The molecule has 1 unspecified atom stereocenters. The van der Waals surface area contributed by atoms with Gasteiger partial charge in [0.05, 0.1) is 11.7 Å². The molecule has 0 rings (SSSR count). The fraction of sp³-hybridized carbons (Fsp3) is 1.00. The molecule has 104 valence electrons. The Morgan fingerprint density at radius 2 is 1.35 bits per heavy atom. The second-order valence-corrected chi connectivity index (χ2v) is 7.49. The minimum Gasteiger partial charge on any atom is -0.393 e. The van der Waals surface area contributed by atoms with E-state index in [1.54, 1.807) is 0 Å². The minimum atomic E-state index is -0.565. The molecule has 0 radical (unpaired) electrons. The van der Waals surface area contributed by atoms with Gasteiger partial charge in [-0.05, 0) is 50.9 Å². The van der Waals surface area contributed by atoms with E-state index in [-0.39, 0.29) is 16.9 Å². The molecule has 0 aromatic carbocycles. The zero-order valence-corrected chi connectivity index (χ0v) is 12.8. The van der Waals surface area contributed by atoms with Crippen LogP contribution in [-0.2, 0) is 0 Å². The van der Waals surface area contributed by atoms with Crippen molar-refractivity contribution >= 4 is 0 Å². The van der Waals surface area contributed by atoms with Gasteiger partial charge in [-0.15, -0.1) is 0 Å². The highest BCUT2D eigenvalue weighted by Gasteiger charge is 2.37. The first-order valence-corrected chi connectivity index (χ1v) is 6.78. The molecule has 0 aliphatic rings. The Labute approximate surface area is 107 Å². The van der Waals surface area contributed by atoms with Crippen molar-refractivity contribution in [3.05, 3.63) is 0 Å². The molecule has 1 atom stereocenters. The fourth-order valence-corrected chi connectivity index (χ4v) is 2.32. The molecule has 0 saturated heterocycles. The summed E-state index contributed by atoms with van der Waals surface area (Å²) in [6.07, 6.45) is 3.51. The van der Waals surface area contributed by atoms with Crippen LogP contribution >= 0.6 is 0 Å². The largest absolute Gasteiger partial charge is 0.393 e. The Bertz CT molecular complexity index is 222. The monoisotopic (exact) mass is 244 g/mol. The Morgan fingerprint density at radius 1 is 0.882 bits per heavy atom. The number of aliphatic hydroxyl groups is 2. The number of aliphatic hydroxyl groups excluding tert-OH is 1. The van der Waals surface area contributed by atoms with Gasteiger partial charge in [0.25, 0.3) is 0 Å². The first kappa shape index (κ1) is 16.9. The average Bonchev–Trinajstić information content (AvgIpc) is 1.97. The summed E-state index contributed by atoms with van der Waals surface area (Å²) in [5.74, 6) is 0. The molecule has 0 aromatic heterocycles. The second kappa shape index (κ2) is 5.71. The number of rotatable bonds is 7. The molecule has 0 bridgehead atoms. The minimum absolute atomic E-state index is 0.112. The van der Waals surface area contributed by atoms with Gasteiger partial charge in [-0.25, -0.2) is 0 Å². The lowest BCUT2D eigenvalue weighted by atomic mass is 9.63. The maximum atomic E-state index is 9.72. The Balaban J connectivity index is 4.36. The summed E-state index contributed by atoms with van der Waals surface area (Å²) in [4.78, 5) is 0. The summed E-state index contributed by atoms with van der Waals surface area (Å²) in [5, 5.41) is 19.3. The van der Waals surface area contributed by atoms with Crippen molar-refractivity contribution in [2.45, 2.75) is 85.9 Å². The third-order valence-corrected chi connectivity index (χ3v) is 4.23. The molecule has 2 N–H and O–H groups in total. The highest BCUT2D eigenvalue weighted by Crippen LogP contribution is 2.45. The van der Waals surface area contributed by atoms with Crippen LogP contribution in [0.1, 0.15) is 74.1 Å². The predicted octanol–water partition coefficient (Wildman–Crippen LogP) is 3.75. The van der Waals surface area contributed by atoms with E-state index in [1.807, 2.05) is 20.8 Å². The number of hydrogen-bond donors (Lipinski definition) is 2. The molecule has 0 spiro atoms. The molecule has 2 heteroatoms. The third kappa shape index (κ3) is 6.42. The first-order valence-electron chi connectivity index (χ1n) is 6.78. The van der Waals surface area contributed by atoms with Gasteiger partial charge >= 0.3 is 0 Å². The fourth-order valence-electron chi connectivity index (χ4n) is 2.32. The van der Waals surface area contributed by atoms with E-state index in [0.717, 1.165) is 25.7 Å². The van der Waals surface area contributed by atoms with E-state index in [2.05, 4.69) is 27.7 Å². The molecule has 0 aliphatic heterocycles. The predicted molar refractivity (Wildman–Crippen MR) is 74.0 cm³/mol. The molecular weight excluding hydrogens is 212 g/mol. The topological polar surface area (TPSA) is 40.5 Å². The van der Waals surface area contributed by atoms with Gasteiger partial charge in [0, 0.05) is 0 Å². The standard InChI is InChI=1S/C15H32O2/c1-12(16)11-14(4,5)13(2,3)9-8-10-15(6,7)17/h12,16-17H,8-11H2,1-7H3. The van der Waals surface area contributed by atoms with Crippen molar-refractivity contribution in [3.63, 3.8) is 0 Å². The van der Waals surface area contributed by atoms with Gasteiger partial charge in [-0.1, -0.05) is 34.1 Å². The molecule has 2 nitrogen and oxygen atoms in total. The van der Waals surface area contributed by atoms with Gasteiger partial charge in [0.1, 0.15) is 0 Å². The van der Waals surface area contributed by atoms with E-state index in [9.17, 15) is 10.2 Å². The van der Waals surface area contributed by atoms with Crippen LogP contribution in [0, 0.1) is 10.8 Å². The van der Waals surface area contributed by atoms with Crippen molar-refractivity contribution in [1.82, 2.24) is 0 Å². The Morgan fingerprint density at radius 3 is 1.71 bits per heavy atom. The van der Waals surface area contributed by atoms with Crippen LogP contribution in [0.15, 0.2) is 0 Å². The van der Waals surface area contributed by atoms with Crippen molar-refractivity contribution in [2.24, 2.45) is 10.8 Å². The van der Waals surface area contributed by atoms with Gasteiger partial charge in [-0.3, -0.25) is 0 Å². The maximum Gasteiger partial charge on any atom is 0.0591 e. The van der Waals surface area contributed by atoms with Crippen LogP contribution in [-0.4, -0.2) is 21.9 Å². The molecular formula is C15H32O2. The number of hydrogen-bond acceptors (Lipinski definition) is 2. The summed E-state index contributed by atoms with van der Waals surface area (Å²) in [6.45, 7) is 14.6. The van der Waals surface area contributed by atoms with Crippen molar-refractivity contribution in [1.29, 1.82) is 0 Å². The van der Waals surface area contributed by atoms with E-state index in [0.29, 0.717) is 0 Å². The van der Waals surface area contributed by atoms with Crippen LogP contribution in [0.3, 0.4) is 0 Å². The summed E-state index contributed by atoms with van der Waals surface area (Å²) in [5.41, 5.74) is -0.277. The lowest BCUT2D eigenvalue weighted by Crippen LogP contribution is -2.35. The quantitative estimate of drug-likeness (QED) is 0.716. The highest BCUT2D eigenvalue weighted by atomic mass is 16.3. The van der Waals surface area contributed by atoms with Crippen LogP contribution in [0.5, 0.6) is 0 Å². The van der Waals surface area contributed by atoms with E-state index in [1.165, 1.54) is 0 Å². The van der Waals surface area contributed by atoms with Crippen LogP contribution < -0.4 is 0 Å². The smallest absolute Gasteiger partial charge is 0.0591 e. The average molecular weight is 244 g/mol. The van der Waals surface area contributed by atoms with Gasteiger partial charge in [-0.2, -0.15) is 0 Å². The van der Waals surface area contributed by atoms with E-state index in [4.69, 9.17) is 0 Å². The van der Waals surface area contributed by atoms with Crippen molar-refractivity contribution in [3.8, 4) is 0 Å². The lowest BCUT2D eigenvalue weighted by molar-refractivity contribution is 0.0225. The van der Waals surface area contributed by atoms with Crippen LogP contribution in [0.4, 0.5) is 0 Å². The first-order chi connectivity index (χ1) is 7.37. The molecule has 0 aliphatic carbocycles. The zero-order chi connectivity index (χ0) is 13.9. The lowest BCUT2D eigenvalue weighted by Gasteiger charge is -2.43. The Kier molecular flexibility index (Phi) is 5.68. The molecule has 0 amide bonds. The normalized spacial score (nSPS) is 16.1. The van der Waals surface area contributed by atoms with Gasteiger partial charge in [0.2, 0.25) is 0 Å². The molecule has 0 aromatic rings. The van der Waals surface area contributed by atoms with E-state index >= 15 is 0 Å². The summed E-state index contributed by atoms with van der Waals surface area (Å²) < 4.78 is 0. The SMILES string of the molecule is CC(O)CC(C)(C)C(C)(C)CCCC(C)(C)O. The molecule has 17 heavy (non-hydrogen) atoms. The zero-order valence-electron chi connectivity index (χ0n) is 12.8. The Hall–Kier alpha value is -0.0800. The van der Waals surface area contributed by atoms with Crippen LogP contribution in [0.2, 0.25) is 0 Å². The van der Waals surface area contributed by atoms with Crippen molar-refractivity contribution < 1.29 is 10.2 Å². The van der Waals surface area contributed by atoms with Crippen LogP contribution in [0.25, 0.3) is 0 Å². The third-order valence-electron chi connectivity index (χ3n) is 4.23. The van der Waals surface area contributed by atoms with E-state index < -0.39 is 5.60 Å². The highest BCUT2D eigenvalue weighted by molar-refractivity contribution is 4.87. The summed E-state index contributed by atoms with van der Waals surface area (Å²) >= 11 is 0. The summed E-state index contributed by atoms with van der Waals surface area (Å²) in [6, 6.07) is 0.